The third kappa shape index (κ3) is 4.55. The molecular weight excluding hydrogens is 304 g/mol. The van der Waals surface area contributed by atoms with E-state index in [1.165, 1.54) is 0 Å². The van der Waals surface area contributed by atoms with Crippen LogP contribution in [0.1, 0.15) is 50.4 Å². The van der Waals surface area contributed by atoms with Crippen LogP contribution in [0.5, 0.6) is 0 Å². The summed E-state index contributed by atoms with van der Waals surface area (Å²) in [5, 5.41) is 2.90. The van der Waals surface area contributed by atoms with E-state index >= 15 is 0 Å². The highest BCUT2D eigenvalue weighted by Crippen LogP contribution is 2.15. The van der Waals surface area contributed by atoms with Crippen molar-refractivity contribution in [3.63, 3.8) is 0 Å². The van der Waals surface area contributed by atoms with Gasteiger partial charge in [0.1, 0.15) is 6.04 Å². The van der Waals surface area contributed by atoms with Crippen LogP contribution in [0.3, 0.4) is 0 Å². The summed E-state index contributed by atoms with van der Waals surface area (Å²) in [7, 11) is 0. The van der Waals surface area contributed by atoms with E-state index in [0.717, 1.165) is 19.3 Å². The standard InChI is InChI=1S/C18H28N4O2/c1-4-7-15-12-16(21-20-15)17(23)19-14-10-8-13(9-11-14)18(24)22(5-2)6-3/h8-11,15-16,20-21H,4-7,12H2,1-3H3,(H,19,23). The van der Waals surface area contributed by atoms with Crippen LogP contribution in [0.4, 0.5) is 5.69 Å². The number of hydrazine groups is 1. The number of anilines is 1. The number of hydrogen-bond donors (Lipinski definition) is 3. The van der Waals surface area contributed by atoms with Gasteiger partial charge < -0.3 is 10.2 Å². The summed E-state index contributed by atoms with van der Waals surface area (Å²) in [5.74, 6) is -0.0362. The van der Waals surface area contributed by atoms with Crippen molar-refractivity contribution in [2.75, 3.05) is 18.4 Å². The summed E-state index contributed by atoms with van der Waals surface area (Å²) < 4.78 is 0. The van der Waals surface area contributed by atoms with Gasteiger partial charge in [-0.3, -0.25) is 15.0 Å². The molecule has 132 valence electrons. The largest absolute Gasteiger partial charge is 0.339 e. The van der Waals surface area contributed by atoms with Gasteiger partial charge in [-0.1, -0.05) is 13.3 Å². The lowest BCUT2D eigenvalue weighted by atomic mass is 10.1. The van der Waals surface area contributed by atoms with Gasteiger partial charge in [0.15, 0.2) is 0 Å². The number of hydrogen-bond acceptors (Lipinski definition) is 4. The third-order valence-corrected chi connectivity index (χ3v) is 4.39. The fraction of sp³-hybridized carbons (Fsp3) is 0.556. The van der Waals surface area contributed by atoms with Gasteiger partial charge in [0.25, 0.3) is 5.91 Å². The normalized spacial score (nSPS) is 20.0. The van der Waals surface area contributed by atoms with Gasteiger partial charge in [0, 0.05) is 30.4 Å². The molecule has 2 rings (SSSR count). The van der Waals surface area contributed by atoms with Gasteiger partial charge in [-0.15, -0.1) is 0 Å². The molecule has 2 atom stereocenters. The Balaban J connectivity index is 1.92. The Morgan fingerprint density at radius 1 is 1.12 bits per heavy atom. The molecule has 2 amide bonds. The minimum Gasteiger partial charge on any atom is -0.339 e. The van der Waals surface area contributed by atoms with E-state index < -0.39 is 0 Å². The molecule has 6 nitrogen and oxygen atoms in total. The summed E-state index contributed by atoms with van der Waals surface area (Å²) in [6, 6.07) is 7.20. The summed E-state index contributed by atoms with van der Waals surface area (Å²) in [5.41, 5.74) is 7.56. The molecule has 1 aromatic carbocycles. The van der Waals surface area contributed by atoms with Gasteiger partial charge in [-0.25, -0.2) is 5.43 Å². The Bertz CT molecular complexity index is 555. The Morgan fingerprint density at radius 3 is 2.38 bits per heavy atom. The molecule has 24 heavy (non-hydrogen) atoms. The lowest BCUT2D eigenvalue weighted by Crippen LogP contribution is -2.40. The van der Waals surface area contributed by atoms with Crippen molar-refractivity contribution in [2.45, 2.75) is 52.1 Å². The maximum absolute atomic E-state index is 12.3. The quantitative estimate of drug-likeness (QED) is 0.715. The molecule has 2 unspecified atom stereocenters. The second kappa shape index (κ2) is 8.80. The number of carbonyl (C=O) groups is 2. The van der Waals surface area contributed by atoms with E-state index in [1.807, 2.05) is 13.8 Å². The van der Waals surface area contributed by atoms with Gasteiger partial charge in [0.2, 0.25) is 5.91 Å². The molecule has 0 spiro atoms. The minimum atomic E-state index is -0.224. The van der Waals surface area contributed by atoms with Crippen molar-refractivity contribution in [1.29, 1.82) is 0 Å². The third-order valence-electron chi connectivity index (χ3n) is 4.39. The smallest absolute Gasteiger partial charge is 0.253 e. The Hall–Kier alpha value is -1.92. The van der Waals surface area contributed by atoms with E-state index in [-0.39, 0.29) is 17.9 Å². The number of nitrogens with one attached hydrogen (secondary N) is 3. The molecule has 3 N–H and O–H groups in total. The van der Waals surface area contributed by atoms with Crippen LogP contribution in [-0.4, -0.2) is 41.9 Å². The predicted octanol–water partition coefficient (Wildman–Crippen LogP) is 2.14. The first-order valence-corrected chi connectivity index (χ1v) is 8.80. The topological polar surface area (TPSA) is 73.5 Å². The van der Waals surface area contributed by atoms with E-state index in [1.54, 1.807) is 29.2 Å². The fourth-order valence-electron chi connectivity index (χ4n) is 2.95. The average Bonchev–Trinajstić information content (AvgIpc) is 3.06. The highest BCUT2D eigenvalue weighted by Gasteiger charge is 2.28. The Morgan fingerprint density at radius 2 is 1.79 bits per heavy atom. The van der Waals surface area contributed by atoms with Crippen LogP contribution < -0.4 is 16.2 Å². The molecule has 0 saturated carbocycles. The molecule has 0 aliphatic carbocycles. The van der Waals surface area contributed by atoms with Crippen LogP contribution >= 0.6 is 0 Å². The molecule has 1 fully saturated rings. The van der Waals surface area contributed by atoms with Gasteiger partial charge in [0.05, 0.1) is 0 Å². The van der Waals surface area contributed by atoms with Crippen molar-refractivity contribution in [2.24, 2.45) is 0 Å². The van der Waals surface area contributed by atoms with Gasteiger partial charge >= 0.3 is 0 Å². The van der Waals surface area contributed by atoms with Crippen LogP contribution in [-0.2, 0) is 4.79 Å². The number of nitrogens with zero attached hydrogens (tertiary/aromatic N) is 1. The molecule has 0 bridgehead atoms. The molecule has 1 aromatic rings. The fourth-order valence-corrected chi connectivity index (χ4v) is 2.95. The van der Waals surface area contributed by atoms with Crippen molar-refractivity contribution in [3.05, 3.63) is 29.8 Å². The maximum atomic E-state index is 12.3. The van der Waals surface area contributed by atoms with Crippen molar-refractivity contribution < 1.29 is 9.59 Å². The number of benzene rings is 1. The molecule has 6 heteroatoms. The van der Waals surface area contributed by atoms with Crippen LogP contribution in [0, 0.1) is 0 Å². The molecule has 1 saturated heterocycles. The second-order valence-electron chi connectivity index (χ2n) is 6.11. The zero-order valence-electron chi connectivity index (χ0n) is 14.8. The van der Waals surface area contributed by atoms with Crippen molar-refractivity contribution in [3.8, 4) is 0 Å². The van der Waals surface area contributed by atoms with E-state index in [4.69, 9.17) is 0 Å². The van der Waals surface area contributed by atoms with Crippen LogP contribution in [0.2, 0.25) is 0 Å². The maximum Gasteiger partial charge on any atom is 0.253 e. The van der Waals surface area contributed by atoms with Crippen molar-refractivity contribution >= 4 is 17.5 Å². The Labute approximate surface area is 144 Å². The zero-order chi connectivity index (χ0) is 17.5. The molecule has 0 aromatic heterocycles. The van der Waals surface area contributed by atoms with Crippen molar-refractivity contribution in [1.82, 2.24) is 15.8 Å². The predicted molar refractivity (Wildman–Crippen MR) is 95.7 cm³/mol. The Kier molecular flexibility index (Phi) is 6.75. The highest BCUT2D eigenvalue weighted by atomic mass is 16.2. The number of carbonyl (C=O) groups excluding carboxylic acids is 2. The second-order valence-corrected chi connectivity index (χ2v) is 6.11. The van der Waals surface area contributed by atoms with Crippen LogP contribution in [0.25, 0.3) is 0 Å². The SMILES string of the molecule is CCCC1CC(C(=O)Nc2ccc(C(=O)N(CC)CC)cc2)NN1. The van der Waals surface area contributed by atoms with E-state index in [0.29, 0.717) is 30.4 Å². The van der Waals surface area contributed by atoms with Crippen LogP contribution in [0.15, 0.2) is 24.3 Å². The lowest BCUT2D eigenvalue weighted by Gasteiger charge is -2.18. The summed E-state index contributed by atoms with van der Waals surface area (Å²) >= 11 is 0. The first-order chi connectivity index (χ1) is 11.6. The average molecular weight is 332 g/mol. The molecule has 1 heterocycles. The molecule has 0 radical (unpaired) electrons. The number of rotatable bonds is 7. The summed E-state index contributed by atoms with van der Waals surface area (Å²) in [6.45, 7) is 7.44. The zero-order valence-corrected chi connectivity index (χ0v) is 14.8. The van der Waals surface area contributed by atoms with E-state index in [9.17, 15) is 9.59 Å². The minimum absolute atomic E-state index is 0.0157. The summed E-state index contributed by atoms with van der Waals surface area (Å²) in [4.78, 5) is 26.3. The summed E-state index contributed by atoms with van der Waals surface area (Å²) in [6.07, 6.45) is 2.94. The molecular formula is C18H28N4O2. The lowest BCUT2D eigenvalue weighted by molar-refractivity contribution is -0.117. The first kappa shape index (κ1) is 18.4. The molecule has 1 aliphatic rings. The molecule has 1 aliphatic heterocycles. The monoisotopic (exact) mass is 332 g/mol. The first-order valence-electron chi connectivity index (χ1n) is 8.80. The highest BCUT2D eigenvalue weighted by molar-refractivity contribution is 5.97. The van der Waals surface area contributed by atoms with Gasteiger partial charge in [-0.2, -0.15) is 0 Å². The van der Waals surface area contributed by atoms with Gasteiger partial charge in [-0.05, 0) is 51.0 Å². The number of amides is 2. The van der Waals surface area contributed by atoms with E-state index in [2.05, 4.69) is 23.1 Å².